The van der Waals surface area contributed by atoms with Crippen LogP contribution in [0, 0.1) is 0 Å². The Morgan fingerprint density at radius 3 is 2.58 bits per heavy atom. The molecule has 4 nitrogen and oxygen atoms in total. The van der Waals surface area contributed by atoms with E-state index in [1.807, 2.05) is 66.7 Å². The normalized spacial score (nSPS) is 10.8. The van der Waals surface area contributed by atoms with Crippen molar-refractivity contribution in [3.63, 3.8) is 0 Å². The van der Waals surface area contributed by atoms with E-state index in [4.69, 9.17) is 4.52 Å². The molecule has 4 heteroatoms. The number of nitrogens with one attached hydrogen (secondary N) is 1. The van der Waals surface area contributed by atoms with Crippen molar-refractivity contribution in [3.8, 4) is 11.3 Å². The maximum Gasteiger partial charge on any atom is 0.255 e. The fraction of sp³-hybridized carbons (Fsp3) is 0.0909. The Morgan fingerprint density at radius 2 is 1.77 bits per heavy atom. The van der Waals surface area contributed by atoms with Crippen LogP contribution in [0.5, 0.6) is 0 Å². The lowest BCUT2D eigenvalue weighted by Gasteiger charge is -2.09. The van der Waals surface area contributed by atoms with Crippen molar-refractivity contribution >= 4 is 22.5 Å². The number of carbonyl (C=O) groups excluding carboxylic acids is 1. The molecule has 0 saturated heterocycles. The Morgan fingerprint density at radius 1 is 1.00 bits per heavy atom. The van der Waals surface area contributed by atoms with Gasteiger partial charge in [-0.3, -0.25) is 4.79 Å². The molecule has 0 atom stereocenters. The summed E-state index contributed by atoms with van der Waals surface area (Å²) in [5.74, 6) is 0.525. The molecule has 26 heavy (non-hydrogen) atoms. The first-order valence-corrected chi connectivity index (χ1v) is 8.60. The van der Waals surface area contributed by atoms with Gasteiger partial charge >= 0.3 is 0 Å². The molecule has 4 rings (SSSR count). The zero-order chi connectivity index (χ0) is 17.9. The summed E-state index contributed by atoms with van der Waals surface area (Å²) in [5.41, 5.74) is 4.19. The van der Waals surface area contributed by atoms with Crippen LogP contribution in [-0.4, -0.2) is 11.1 Å². The van der Waals surface area contributed by atoms with Crippen molar-refractivity contribution in [1.29, 1.82) is 0 Å². The van der Waals surface area contributed by atoms with Crippen LogP contribution in [-0.2, 0) is 6.42 Å². The smallest absolute Gasteiger partial charge is 0.255 e. The Balaban J connectivity index is 1.70. The van der Waals surface area contributed by atoms with Gasteiger partial charge in [0.1, 0.15) is 5.52 Å². The first kappa shape index (κ1) is 16.1. The average Bonchev–Trinajstić information content (AvgIpc) is 3.12. The Hall–Kier alpha value is -3.40. The zero-order valence-electron chi connectivity index (χ0n) is 14.4. The molecule has 1 heterocycles. The molecular formula is C22H18N2O2. The van der Waals surface area contributed by atoms with E-state index in [0.29, 0.717) is 11.3 Å². The van der Waals surface area contributed by atoms with Crippen LogP contribution in [0.2, 0.25) is 0 Å². The van der Waals surface area contributed by atoms with Crippen molar-refractivity contribution < 1.29 is 9.32 Å². The number of fused-ring (bicyclic) bond motifs is 1. The fourth-order valence-electron chi connectivity index (χ4n) is 3.03. The van der Waals surface area contributed by atoms with Crippen molar-refractivity contribution in [2.24, 2.45) is 0 Å². The van der Waals surface area contributed by atoms with Crippen LogP contribution in [0.3, 0.4) is 0 Å². The van der Waals surface area contributed by atoms with Crippen LogP contribution in [0.4, 0.5) is 5.69 Å². The van der Waals surface area contributed by atoms with Gasteiger partial charge in [0.15, 0.2) is 5.76 Å². The summed E-state index contributed by atoms with van der Waals surface area (Å²) in [4.78, 5) is 12.7. The molecule has 0 aliphatic rings. The van der Waals surface area contributed by atoms with Gasteiger partial charge in [-0.15, -0.1) is 0 Å². The molecule has 0 aliphatic heterocycles. The van der Waals surface area contributed by atoms with Gasteiger partial charge in [-0.05, 0) is 36.2 Å². The predicted molar refractivity (Wildman–Crippen MR) is 103 cm³/mol. The quantitative estimate of drug-likeness (QED) is 0.547. The number of nitrogens with zero attached hydrogens (tertiary/aromatic N) is 1. The van der Waals surface area contributed by atoms with E-state index in [-0.39, 0.29) is 5.91 Å². The molecule has 4 aromatic rings. The van der Waals surface area contributed by atoms with Gasteiger partial charge in [-0.1, -0.05) is 60.6 Å². The molecule has 3 aromatic carbocycles. The largest absolute Gasteiger partial charge is 0.355 e. The highest BCUT2D eigenvalue weighted by Gasteiger charge is 2.14. The highest BCUT2D eigenvalue weighted by atomic mass is 16.5. The molecule has 0 fully saturated rings. The minimum absolute atomic E-state index is 0.145. The summed E-state index contributed by atoms with van der Waals surface area (Å²) in [6.45, 7) is 2.07. The summed E-state index contributed by atoms with van der Waals surface area (Å²) in [5, 5.41) is 7.93. The lowest BCUT2D eigenvalue weighted by Crippen LogP contribution is -2.13. The summed E-state index contributed by atoms with van der Waals surface area (Å²) in [6, 6.07) is 23.0. The molecule has 0 radical (unpaired) electrons. The highest BCUT2D eigenvalue weighted by Crippen LogP contribution is 2.29. The third-order valence-electron chi connectivity index (χ3n) is 4.42. The Labute approximate surface area is 151 Å². The maximum atomic E-state index is 12.7. The third kappa shape index (κ3) is 2.97. The maximum absolute atomic E-state index is 12.7. The van der Waals surface area contributed by atoms with E-state index in [1.54, 1.807) is 6.07 Å². The average molecular weight is 342 g/mol. The van der Waals surface area contributed by atoms with Crippen LogP contribution in [0.25, 0.3) is 22.2 Å². The lowest BCUT2D eigenvalue weighted by molar-refractivity contribution is 0.102. The van der Waals surface area contributed by atoms with E-state index in [9.17, 15) is 4.79 Å². The Kier molecular flexibility index (Phi) is 4.23. The molecule has 1 amide bonds. The zero-order valence-corrected chi connectivity index (χ0v) is 14.4. The van der Waals surface area contributed by atoms with Crippen molar-refractivity contribution in [2.75, 3.05) is 5.32 Å². The van der Waals surface area contributed by atoms with E-state index in [0.717, 1.165) is 34.1 Å². The molecule has 0 saturated carbocycles. The topological polar surface area (TPSA) is 55.1 Å². The van der Waals surface area contributed by atoms with Crippen LogP contribution >= 0.6 is 0 Å². The monoisotopic (exact) mass is 342 g/mol. The van der Waals surface area contributed by atoms with Crippen molar-refractivity contribution in [1.82, 2.24) is 5.16 Å². The molecular weight excluding hydrogens is 324 g/mol. The van der Waals surface area contributed by atoms with Gasteiger partial charge in [-0.25, -0.2) is 0 Å². The molecule has 0 bridgehead atoms. The number of para-hydroxylation sites is 1. The predicted octanol–water partition coefficient (Wildman–Crippen LogP) is 5.31. The number of aryl methyl sites for hydroxylation is 1. The summed E-state index contributed by atoms with van der Waals surface area (Å²) >= 11 is 0. The Bertz CT molecular complexity index is 1070. The summed E-state index contributed by atoms with van der Waals surface area (Å²) < 4.78 is 5.51. The van der Waals surface area contributed by atoms with E-state index >= 15 is 0 Å². The van der Waals surface area contributed by atoms with Gasteiger partial charge in [0.05, 0.1) is 5.39 Å². The van der Waals surface area contributed by atoms with Gasteiger partial charge in [0.2, 0.25) is 0 Å². The van der Waals surface area contributed by atoms with Gasteiger partial charge in [0, 0.05) is 16.8 Å². The second-order valence-corrected chi connectivity index (χ2v) is 6.07. The van der Waals surface area contributed by atoms with E-state index in [2.05, 4.69) is 17.4 Å². The van der Waals surface area contributed by atoms with Gasteiger partial charge in [0.25, 0.3) is 5.91 Å². The molecule has 128 valence electrons. The van der Waals surface area contributed by atoms with Crippen molar-refractivity contribution in [3.05, 3.63) is 83.9 Å². The SMILES string of the molecule is CCc1ccccc1NC(=O)c1ccc2noc(-c3ccccc3)c2c1. The van der Waals surface area contributed by atoms with E-state index < -0.39 is 0 Å². The molecule has 1 N–H and O–H groups in total. The number of aromatic nitrogens is 1. The second-order valence-electron chi connectivity index (χ2n) is 6.07. The van der Waals surface area contributed by atoms with E-state index in [1.165, 1.54) is 0 Å². The fourth-order valence-corrected chi connectivity index (χ4v) is 3.03. The van der Waals surface area contributed by atoms with Crippen molar-refractivity contribution in [2.45, 2.75) is 13.3 Å². The number of benzene rings is 3. The molecule has 0 aliphatic carbocycles. The first-order chi connectivity index (χ1) is 12.8. The number of anilines is 1. The number of carbonyl (C=O) groups is 1. The number of hydrogen-bond acceptors (Lipinski definition) is 3. The summed E-state index contributed by atoms with van der Waals surface area (Å²) in [7, 11) is 0. The van der Waals surface area contributed by atoms with Gasteiger partial charge < -0.3 is 9.84 Å². The van der Waals surface area contributed by atoms with Gasteiger partial charge in [-0.2, -0.15) is 0 Å². The standard InChI is InChI=1S/C22H18N2O2/c1-2-15-8-6-7-11-19(15)23-22(25)17-12-13-20-18(14-17)21(26-24-20)16-9-4-3-5-10-16/h3-14H,2H2,1H3,(H,23,25). The molecule has 1 aromatic heterocycles. The lowest BCUT2D eigenvalue weighted by atomic mass is 10.1. The van der Waals surface area contributed by atoms with Crippen LogP contribution in [0.15, 0.2) is 77.3 Å². The third-order valence-corrected chi connectivity index (χ3v) is 4.42. The number of hydrogen-bond donors (Lipinski definition) is 1. The molecule has 0 spiro atoms. The first-order valence-electron chi connectivity index (χ1n) is 8.60. The minimum atomic E-state index is -0.145. The summed E-state index contributed by atoms with van der Waals surface area (Å²) in [6.07, 6.45) is 0.860. The number of rotatable bonds is 4. The number of amides is 1. The van der Waals surface area contributed by atoms with Crippen LogP contribution in [0.1, 0.15) is 22.8 Å². The molecule has 0 unspecified atom stereocenters. The second kappa shape index (κ2) is 6.84. The van der Waals surface area contributed by atoms with Crippen LogP contribution < -0.4 is 5.32 Å². The highest BCUT2D eigenvalue weighted by molar-refractivity contribution is 6.07. The minimum Gasteiger partial charge on any atom is -0.355 e.